The van der Waals surface area contributed by atoms with Gasteiger partial charge in [0.15, 0.2) is 5.78 Å². The Kier molecular flexibility index (Phi) is 3.15. The van der Waals surface area contributed by atoms with Gasteiger partial charge in [0.05, 0.1) is 6.42 Å². The van der Waals surface area contributed by atoms with Crippen molar-refractivity contribution in [1.29, 1.82) is 0 Å². The summed E-state index contributed by atoms with van der Waals surface area (Å²) in [4.78, 5) is 22.7. The van der Waals surface area contributed by atoms with Crippen molar-refractivity contribution >= 4 is 11.8 Å². The lowest BCUT2D eigenvalue weighted by Gasteiger charge is -2.49. The van der Waals surface area contributed by atoms with Gasteiger partial charge in [0.1, 0.15) is 6.10 Å². The van der Waals surface area contributed by atoms with E-state index in [1.165, 1.54) is 6.08 Å². The van der Waals surface area contributed by atoms with Crippen molar-refractivity contribution in [1.82, 2.24) is 0 Å². The lowest BCUT2D eigenvalue weighted by atomic mass is 9.55. The third kappa shape index (κ3) is 1.81. The lowest BCUT2D eigenvalue weighted by Crippen LogP contribution is -2.52. The molecule has 0 radical (unpaired) electrons. The zero-order valence-corrected chi connectivity index (χ0v) is 10.6. The van der Waals surface area contributed by atoms with Crippen LogP contribution in [-0.4, -0.2) is 28.1 Å². The van der Waals surface area contributed by atoms with E-state index >= 15 is 0 Å². The average Bonchev–Trinajstić information content (AvgIpc) is 2.28. The number of ketones is 1. The molecule has 0 fully saturated rings. The van der Waals surface area contributed by atoms with Crippen LogP contribution in [0.4, 0.5) is 0 Å². The molecule has 0 amide bonds. The summed E-state index contributed by atoms with van der Waals surface area (Å²) in [6.07, 6.45) is 4.87. The van der Waals surface area contributed by atoms with Crippen LogP contribution in [0.25, 0.3) is 0 Å². The molecule has 0 aromatic rings. The van der Waals surface area contributed by atoms with E-state index in [9.17, 15) is 14.7 Å². The maximum Gasteiger partial charge on any atom is 0.303 e. The summed E-state index contributed by atoms with van der Waals surface area (Å²) < 4.78 is 0. The number of allylic oxidation sites excluding steroid dienone is 3. The van der Waals surface area contributed by atoms with E-state index in [4.69, 9.17) is 5.11 Å². The number of hydrogen-bond acceptors (Lipinski definition) is 3. The van der Waals surface area contributed by atoms with Crippen molar-refractivity contribution < 1.29 is 19.8 Å². The van der Waals surface area contributed by atoms with Crippen LogP contribution in [0.5, 0.6) is 0 Å². The number of carboxylic acids is 1. The molecule has 18 heavy (non-hydrogen) atoms. The molecular weight excluding hydrogens is 232 g/mol. The molecule has 2 aliphatic carbocycles. The Morgan fingerprint density at radius 2 is 2.22 bits per heavy atom. The number of aliphatic hydroxyl groups is 1. The van der Waals surface area contributed by atoms with E-state index in [2.05, 4.69) is 0 Å². The van der Waals surface area contributed by atoms with Crippen LogP contribution in [0.2, 0.25) is 0 Å². The van der Waals surface area contributed by atoms with Gasteiger partial charge in [0.25, 0.3) is 0 Å². The van der Waals surface area contributed by atoms with Gasteiger partial charge in [-0.3, -0.25) is 9.59 Å². The highest BCUT2D eigenvalue weighted by atomic mass is 16.4. The van der Waals surface area contributed by atoms with E-state index < -0.39 is 17.5 Å². The minimum absolute atomic E-state index is 0.0412. The molecule has 4 heteroatoms. The number of rotatable bonds is 2. The quantitative estimate of drug-likeness (QED) is 0.729. The molecule has 2 N–H and O–H groups in total. The predicted octanol–water partition coefficient (Wildman–Crippen LogP) is 1.55. The zero-order chi connectivity index (χ0) is 13.5. The van der Waals surface area contributed by atoms with Crippen LogP contribution in [-0.2, 0) is 9.59 Å². The molecule has 2 rings (SSSR count). The number of aliphatic hydroxyl groups excluding tert-OH is 1. The Hall–Kier alpha value is -1.42. The fourth-order valence-electron chi connectivity index (χ4n) is 3.35. The fourth-order valence-corrected chi connectivity index (χ4v) is 3.35. The maximum atomic E-state index is 11.8. The summed E-state index contributed by atoms with van der Waals surface area (Å²) in [5.41, 5.74) is 0.232. The van der Waals surface area contributed by atoms with Crippen molar-refractivity contribution in [3.05, 3.63) is 23.8 Å². The highest BCUT2D eigenvalue weighted by molar-refractivity contribution is 5.96. The Morgan fingerprint density at radius 1 is 1.56 bits per heavy atom. The van der Waals surface area contributed by atoms with E-state index in [0.717, 1.165) is 12.0 Å². The second kappa shape index (κ2) is 4.35. The highest BCUT2D eigenvalue weighted by Crippen LogP contribution is 2.51. The number of fused-ring (bicyclic) bond motifs is 1. The molecule has 0 saturated heterocycles. The number of aliphatic carboxylic acids is 1. The standard InChI is InChI=1S/C14H18O4/c1-8-6-11(15)13(18)14(2)9(7-12(16)17)4-3-5-10(8)14/h3-4,6,9-10,13,18H,5,7H2,1-2H3,(H,16,17)/t9-,10-,13+,14+/m0/s1. The second-order valence-electron chi connectivity index (χ2n) is 5.48. The lowest BCUT2D eigenvalue weighted by molar-refractivity contribution is -0.145. The topological polar surface area (TPSA) is 74.6 Å². The Labute approximate surface area is 106 Å². The molecule has 2 aliphatic rings. The highest BCUT2D eigenvalue weighted by Gasteiger charge is 2.52. The third-order valence-electron chi connectivity index (χ3n) is 4.46. The van der Waals surface area contributed by atoms with Gasteiger partial charge in [-0.05, 0) is 31.3 Å². The van der Waals surface area contributed by atoms with Crippen LogP contribution in [0.3, 0.4) is 0 Å². The minimum atomic E-state index is -1.11. The Balaban J connectivity index is 2.45. The van der Waals surface area contributed by atoms with Crippen molar-refractivity contribution in [2.45, 2.75) is 32.8 Å². The first-order chi connectivity index (χ1) is 8.37. The first-order valence-corrected chi connectivity index (χ1v) is 6.16. The molecule has 4 nitrogen and oxygen atoms in total. The minimum Gasteiger partial charge on any atom is -0.481 e. The smallest absolute Gasteiger partial charge is 0.303 e. The monoisotopic (exact) mass is 250 g/mol. The van der Waals surface area contributed by atoms with Crippen molar-refractivity contribution in [2.24, 2.45) is 17.3 Å². The molecule has 0 saturated carbocycles. The normalized spacial score (nSPS) is 39.2. The van der Waals surface area contributed by atoms with Crippen LogP contribution >= 0.6 is 0 Å². The molecule has 0 aromatic carbocycles. The summed E-state index contributed by atoms with van der Waals surface area (Å²) in [7, 11) is 0. The first-order valence-electron chi connectivity index (χ1n) is 6.16. The summed E-state index contributed by atoms with van der Waals surface area (Å²) in [5, 5.41) is 19.2. The molecule has 0 spiro atoms. The van der Waals surface area contributed by atoms with E-state index in [1.54, 1.807) is 0 Å². The molecule has 98 valence electrons. The molecule has 0 unspecified atom stereocenters. The Morgan fingerprint density at radius 3 is 2.83 bits per heavy atom. The number of hydrogen-bond donors (Lipinski definition) is 2. The Bertz CT molecular complexity index is 449. The van der Waals surface area contributed by atoms with Gasteiger partial charge >= 0.3 is 5.97 Å². The largest absolute Gasteiger partial charge is 0.481 e. The van der Waals surface area contributed by atoms with Crippen LogP contribution in [0.15, 0.2) is 23.8 Å². The van der Waals surface area contributed by atoms with Crippen molar-refractivity contribution in [3.8, 4) is 0 Å². The van der Waals surface area contributed by atoms with Crippen LogP contribution in [0.1, 0.15) is 26.7 Å². The van der Waals surface area contributed by atoms with Gasteiger partial charge in [-0.25, -0.2) is 0 Å². The van der Waals surface area contributed by atoms with Crippen molar-refractivity contribution in [3.63, 3.8) is 0 Å². The summed E-state index contributed by atoms with van der Waals surface area (Å²) >= 11 is 0. The third-order valence-corrected chi connectivity index (χ3v) is 4.46. The van der Waals surface area contributed by atoms with Gasteiger partial charge in [0, 0.05) is 5.41 Å². The molecule has 0 bridgehead atoms. The van der Waals surface area contributed by atoms with Crippen LogP contribution < -0.4 is 0 Å². The second-order valence-corrected chi connectivity index (χ2v) is 5.48. The van der Waals surface area contributed by atoms with Gasteiger partial charge in [-0.15, -0.1) is 0 Å². The molecule has 0 aliphatic heterocycles. The molecule has 0 heterocycles. The van der Waals surface area contributed by atoms with E-state index in [0.29, 0.717) is 0 Å². The summed E-state index contributed by atoms with van der Waals surface area (Å²) in [6, 6.07) is 0. The number of carbonyl (C=O) groups is 2. The van der Waals surface area contributed by atoms with Crippen molar-refractivity contribution in [2.75, 3.05) is 0 Å². The number of carboxylic acid groups (broad SMARTS) is 1. The number of carbonyl (C=O) groups excluding carboxylic acids is 1. The average molecular weight is 250 g/mol. The zero-order valence-electron chi connectivity index (χ0n) is 10.6. The first kappa shape index (κ1) is 13.0. The summed E-state index contributed by atoms with van der Waals surface area (Å²) in [5.74, 6) is -1.48. The molecular formula is C14H18O4. The molecule has 0 aromatic heterocycles. The summed E-state index contributed by atoms with van der Waals surface area (Å²) in [6.45, 7) is 3.71. The fraction of sp³-hybridized carbons (Fsp3) is 0.571. The van der Waals surface area contributed by atoms with Gasteiger partial charge in [0.2, 0.25) is 0 Å². The maximum absolute atomic E-state index is 11.8. The van der Waals surface area contributed by atoms with E-state index in [-0.39, 0.29) is 24.0 Å². The van der Waals surface area contributed by atoms with Gasteiger partial charge in [-0.2, -0.15) is 0 Å². The van der Waals surface area contributed by atoms with Gasteiger partial charge in [-0.1, -0.05) is 24.6 Å². The molecule has 4 atom stereocenters. The SMILES string of the molecule is CC1=CC(=O)[C@@H](O)[C@]2(C)[C@H](CC(=O)O)C=CC[C@@H]12. The van der Waals surface area contributed by atoms with Crippen LogP contribution in [0, 0.1) is 17.3 Å². The predicted molar refractivity (Wildman–Crippen MR) is 65.9 cm³/mol. The van der Waals surface area contributed by atoms with E-state index in [1.807, 2.05) is 26.0 Å². The van der Waals surface area contributed by atoms with Gasteiger partial charge < -0.3 is 10.2 Å².